The summed E-state index contributed by atoms with van der Waals surface area (Å²) in [6.45, 7) is 0.650. The lowest BCUT2D eigenvalue weighted by Gasteiger charge is -2.34. The molecule has 0 saturated carbocycles. The average molecular weight is 339 g/mol. The minimum atomic E-state index is -0.336. The first-order valence-electron chi connectivity index (χ1n) is 6.85. The maximum absolute atomic E-state index is 12.6. The first-order chi connectivity index (χ1) is 9.67. The highest BCUT2D eigenvalue weighted by molar-refractivity contribution is 9.08. The molecule has 0 bridgehead atoms. The van der Waals surface area contributed by atoms with Crippen LogP contribution in [0.3, 0.4) is 0 Å². The number of likely N-dealkylation sites (tertiary alicyclic amines) is 1. The second-order valence-corrected chi connectivity index (χ2v) is 5.52. The van der Waals surface area contributed by atoms with E-state index in [0.29, 0.717) is 12.1 Å². The summed E-state index contributed by atoms with van der Waals surface area (Å²) in [4.78, 5) is 26.2. The highest BCUT2D eigenvalue weighted by Gasteiger charge is 2.31. The lowest BCUT2D eigenvalue weighted by atomic mass is 10.00. The van der Waals surface area contributed by atoms with E-state index in [1.807, 2.05) is 24.3 Å². The predicted molar refractivity (Wildman–Crippen MR) is 81.8 cm³/mol. The van der Waals surface area contributed by atoms with Crippen LogP contribution in [0.2, 0.25) is 0 Å². The van der Waals surface area contributed by atoms with E-state index in [4.69, 9.17) is 0 Å². The number of carbonyl (C=O) groups is 2. The molecule has 0 aromatic heterocycles. The van der Waals surface area contributed by atoms with Gasteiger partial charge in [-0.2, -0.15) is 0 Å². The van der Waals surface area contributed by atoms with E-state index in [1.54, 1.807) is 11.9 Å². The van der Waals surface area contributed by atoms with E-state index in [0.717, 1.165) is 30.2 Å². The molecule has 0 aliphatic carbocycles. The summed E-state index contributed by atoms with van der Waals surface area (Å²) in [6.07, 6.45) is 2.69. The van der Waals surface area contributed by atoms with Crippen molar-refractivity contribution in [3.05, 3.63) is 35.4 Å². The van der Waals surface area contributed by atoms with Crippen LogP contribution in [-0.2, 0) is 10.1 Å². The van der Waals surface area contributed by atoms with E-state index in [-0.39, 0.29) is 17.9 Å². The van der Waals surface area contributed by atoms with E-state index in [9.17, 15) is 9.59 Å². The van der Waals surface area contributed by atoms with Gasteiger partial charge in [-0.25, -0.2) is 0 Å². The first kappa shape index (κ1) is 15.0. The number of nitrogens with zero attached hydrogens (tertiary/aromatic N) is 1. The summed E-state index contributed by atoms with van der Waals surface area (Å²) < 4.78 is 0. The Hall–Kier alpha value is -1.36. The monoisotopic (exact) mass is 338 g/mol. The molecule has 2 rings (SSSR count). The van der Waals surface area contributed by atoms with Gasteiger partial charge in [-0.05, 0) is 37.0 Å². The van der Waals surface area contributed by atoms with Crippen LogP contribution in [-0.4, -0.2) is 36.3 Å². The van der Waals surface area contributed by atoms with Gasteiger partial charge in [0, 0.05) is 24.5 Å². The minimum Gasteiger partial charge on any atom is -0.357 e. The Morgan fingerprint density at radius 2 is 2.00 bits per heavy atom. The Balaban J connectivity index is 2.18. The Morgan fingerprint density at radius 3 is 2.60 bits per heavy atom. The molecule has 2 amide bonds. The van der Waals surface area contributed by atoms with Crippen LogP contribution in [0.4, 0.5) is 0 Å². The van der Waals surface area contributed by atoms with Gasteiger partial charge in [-0.3, -0.25) is 9.59 Å². The Morgan fingerprint density at radius 1 is 1.30 bits per heavy atom. The lowest BCUT2D eigenvalue weighted by molar-refractivity contribution is -0.126. The Kier molecular flexibility index (Phi) is 5.17. The zero-order chi connectivity index (χ0) is 14.5. The fraction of sp³-hybridized carbons (Fsp3) is 0.467. The molecule has 20 heavy (non-hydrogen) atoms. The van der Waals surface area contributed by atoms with Gasteiger partial charge in [-0.15, -0.1) is 0 Å². The molecule has 1 N–H and O–H groups in total. The molecular weight excluding hydrogens is 320 g/mol. The molecule has 0 radical (unpaired) electrons. The van der Waals surface area contributed by atoms with Crippen molar-refractivity contribution in [1.82, 2.24) is 10.2 Å². The zero-order valence-corrected chi connectivity index (χ0v) is 13.1. The van der Waals surface area contributed by atoms with Gasteiger partial charge >= 0.3 is 0 Å². The van der Waals surface area contributed by atoms with Crippen molar-refractivity contribution in [3.8, 4) is 0 Å². The van der Waals surface area contributed by atoms with Crippen LogP contribution < -0.4 is 5.32 Å². The molecule has 0 spiro atoms. The normalized spacial score (nSPS) is 18.7. The number of halogens is 1. The van der Waals surface area contributed by atoms with Crippen molar-refractivity contribution in [2.75, 3.05) is 13.6 Å². The minimum absolute atomic E-state index is 0.0561. The predicted octanol–water partition coefficient (Wildman–Crippen LogP) is 2.32. The molecular formula is C15H19BrN2O2. The Labute approximate surface area is 127 Å². The van der Waals surface area contributed by atoms with Crippen LogP contribution in [0.1, 0.15) is 35.2 Å². The molecule has 1 aromatic rings. The molecule has 1 unspecified atom stereocenters. The molecule has 1 atom stereocenters. The molecule has 1 saturated heterocycles. The van der Waals surface area contributed by atoms with Crippen molar-refractivity contribution in [1.29, 1.82) is 0 Å². The number of hydrogen-bond acceptors (Lipinski definition) is 2. The van der Waals surface area contributed by atoms with E-state index >= 15 is 0 Å². The number of alkyl halides is 1. The molecule has 1 aliphatic rings. The lowest BCUT2D eigenvalue weighted by Crippen LogP contribution is -2.51. The number of piperidine rings is 1. The third kappa shape index (κ3) is 3.20. The van der Waals surface area contributed by atoms with Gasteiger partial charge < -0.3 is 10.2 Å². The number of likely N-dealkylation sites (N-methyl/N-ethyl adjacent to an activating group) is 1. The van der Waals surface area contributed by atoms with Gasteiger partial charge in [0.2, 0.25) is 5.91 Å². The quantitative estimate of drug-likeness (QED) is 0.860. The van der Waals surface area contributed by atoms with Crippen molar-refractivity contribution in [2.45, 2.75) is 30.6 Å². The standard InChI is InChI=1S/C15H19BrN2O2/c1-17-14(19)13-4-2-3-9-18(13)15(20)12-7-5-11(10-16)6-8-12/h5-8,13H,2-4,9-10H2,1H3,(H,17,19). The summed E-state index contributed by atoms with van der Waals surface area (Å²) in [5.41, 5.74) is 1.77. The van der Waals surface area contributed by atoms with Crippen LogP contribution in [0.5, 0.6) is 0 Å². The largest absolute Gasteiger partial charge is 0.357 e. The molecule has 5 heteroatoms. The van der Waals surface area contributed by atoms with E-state index in [2.05, 4.69) is 21.2 Å². The SMILES string of the molecule is CNC(=O)C1CCCCN1C(=O)c1ccc(CBr)cc1. The molecule has 1 aliphatic heterocycles. The molecule has 108 valence electrons. The number of hydrogen-bond donors (Lipinski definition) is 1. The topological polar surface area (TPSA) is 49.4 Å². The Bertz CT molecular complexity index is 487. The summed E-state index contributed by atoms with van der Waals surface area (Å²) in [5, 5.41) is 3.42. The third-order valence-electron chi connectivity index (χ3n) is 3.67. The zero-order valence-electron chi connectivity index (χ0n) is 11.6. The number of carbonyl (C=O) groups excluding carboxylic acids is 2. The summed E-state index contributed by atoms with van der Waals surface area (Å²) >= 11 is 3.39. The number of rotatable bonds is 3. The van der Waals surface area contributed by atoms with Gasteiger partial charge in [0.25, 0.3) is 5.91 Å². The summed E-state index contributed by atoms with van der Waals surface area (Å²) in [7, 11) is 1.62. The number of amides is 2. The second kappa shape index (κ2) is 6.88. The summed E-state index contributed by atoms with van der Waals surface area (Å²) in [6, 6.07) is 7.18. The molecule has 1 heterocycles. The summed E-state index contributed by atoms with van der Waals surface area (Å²) in [5.74, 6) is -0.130. The van der Waals surface area contributed by atoms with Crippen molar-refractivity contribution in [2.24, 2.45) is 0 Å². The van der Waals surface area contributed by atoms with Crippen LogP contribution in [0.15, 0.2) is 24.3 Å². The fourth-order valence-corrected chi connectivity index (χ4v) is 2.89. The van der Waals surface area contributed by atoms with Crippen molar-refractivity contribution >= 4 is 27.7 Å². The highest BCUT2D eigenvalue weighted by Crippen LogP contribution is 2.20. The second-order valence-electron chi connectivity index (χ2n) is 4.95. The van der Waals surface area contributed by atoms with Gasteiger partial charge in [0.1, 0.15) is 6.04 Å². The third-order valence-corrected chi connectivity index (χ3v) is 4.32. The van der Waals surface area contributed by atoms with Crippen LogP contribution >= 0.6 is 15.9 Å². The molecule has 1 aromatic carbocycles. The maximum Gasteiger partial charge on any atom is 0.254 e. The van der Waals surface area contributed by atoms with Crippen molar-refractivity contribution < 1.29 is 9.59 Å². The number of nitrogens with one attached hydrogen (secondary N) is 1. The van der Waals surface area contributed by atoms with Crippen molar-refractivity contribution in [3.63, 3.8) is 0 Å². The highest BCUT2D eigenvalue weighted by atomic mass is 79.9. The van der Waals surface area contributed by atoms with E-state index < -0.39 is 0 Å². The maximum atomic E-state index is 12.6. The van der Waals surface area contributed by atoms with Gasteiger partial charge in [0.05, 0.1) is 0 Å². The first-order valence-corrected chi connectivity index (χ1v) is 7.97. The smallest absolute Gasteiger partial charge is 0.254 e. The van der Waals surface area contributed by atoms with Gasteiger partial charge in [0.15, 0.2) is 0 Å². The van der Waals surface area contributed by atoms with Gasteiger partial charge in [-0.1, -0.05) is 28.1 Å². The van der Waals surface area contributed by atoms with Crippen LogP contribution in [0.25, 0.3) is 0 Å². The molecule has 4 nitrogen and oxygen atoms in total. The van der Waals surface area contributed by atoms with Crippen LogP contribution in [0, 0.1) is 0 Å². The molecule has 1 fully saturated rings. The fourth-order valence-electron chi connectivity index (χ4n) is 2.52. The van der Waals surface area contributed by atoms with E-state index in [1.165, 1.54) is 0 Å². The number of benzene rings is 1. The average Bonchev–Trinajstić information content (AvgIpc) is 2.53.